The number of hydrogen-bond donors (Lipinski definition) is 5. The van der Waals surface area contributed by atoms with Crippen LogP contribution in [0.1, 0.15) is 12.0 Å². The molecule has 11 heteroatoms. The Morgan fingerprint density at radius 3 is 2.44 bits per heavy atom. The van der Waals surface area contributed by atoms with Crippen molar-refractivity contribution in [2.24, 2.45) is 0 Å². The second-order valence-electron chi connectivity index (χ2n) is 7.90. The van der Waals surface area contributed by atoms with Crippen molar-refractivity contribution in [3.05, 3.63) is 53.6 Å². The third-order valence-corrected chi connectivity index (χ3v) is 5.57. The Bertz CT molecular complexity index is 899. The molecule has 1 aromatic carbocycles. The van der Waals surface area contributed by atoms with Crippen LogP contribution in [0.5, 0.6) is 0 Å². The van der Waals surface area contributed by atoms with Crippen molar-refractivity contribution < 1.29 is 54.1 Å². The lowest BCUT2D eigenvalue weighted by Crippen LogP contribution is -2.61. The predicted octanol–water partition coefficient (Wildman–Crippen LogP) is -1.34. The maximum Gasteiger partial charge on any atom is 0.333 e. The molecule has 0 unspecified atom stereocenters. The Kier molecular flexibility index (Phi) is 8.91. The molecule has 11 nitrogen and oxygen atoms in total. The topological polar surface area (TPSA) is 172 Å². The van der Waals surface area contributed by atoms with E-state index < -0.39 is 67.6 Å². The van der Waals surface area contributed by atoms with Crippen LogP contribution in [0.4, 0.5) is 0 Å². The van der Waals surface area contributed by atoms with Gasteiger partial charge in [-0.15, -0.1) is 0 Å². The van der Waals surface area contributed by atoms with Gasteiger partial charge in [-0.3, -0.25) is 0 Å². The molecule has 0 amide bonds. The summed E-state index contributed by atoms with van der Waals surface area (Å²) in [7, 11) is 1.16. The molecular formula is C23H28O11. The van der Waals surface area contributed by atoms with E-state index in [9.17, 15) is 35.1 Å². The van der Waals surface area contributed by atoms with E-state index in [1.54, 1.807) is 24.3 Å². The van der Waals surface area contributed by atoms with Gasteiger partial charge in [-0.2, -0.15) is 0 Å². The van der Waals surface area contributed by atoms with Crippen molar-refractivity contribution in [2.75, 3.05) is 13.7 Å². The number of aliphatic hydroxyl groups is 5. The molecule has 2 aliphatic rings. The summed E-state index contributed by atoms with van der Waals surface area (Å²) in [4.78, 5) is 24.3. The smallest absolute Gasteiger partial charge is 0.333 e. The number of aliphatic hydroxyl groups excluding tert-OH is 5. The van der Waals surface area contributed by atoms with Crippen molar-refractivity contribution >= 4 is 18.0 Å². The first-order valence-corrected chi connectivity index (χ1v) is 10.6. The van der Waals surface area contributed by atoms with Crippen LogP contribution in [0.3, 0.4) is 0 Å². The van der Waals surface area contributed by atoms with Crippen LogP contribution in [0.2, 0.25) is 0 Å². The molecule has 1 fully saturated rings. The van der Waals surface area contributed by atoms with Crippen molar-refractivity contribution in [3.8, 4) is 0 Å². The van der Waals surface area contributed by atoms with Gasteiger partial charge in [0.15, 0.2) is 12.4 Å². The lowest BCUT2D eigenvalue weighted by molar-refractivity contribution is -0.320. The summed E-state index contributed by atoms with van der Waals surface area (Å²) in [5.74, 6) is -1.61. The third-order valence-electron chi connectivity index (χ3n) is 5.57. The minimum Gasteiger partial charge on any atom is -0.466 e. The molecule has 0 aromatic heterocycles. The molecule has 1 aromatic rings. The molecule has 186 valence electrons. The molecule has 0 radical (unpaired) electrons. The van der Waals surface area contributed by atoms with E-state index >= 15 is 0 Å². The number of ether oxygens (including phenoxy) is 4. The standard InChI is InChI=1S/C23H28O11/c1-31-22(30)13-9-14(25)18(27)15(10-13)32-23-21(20(29)19(28)16(11-24)33-23)34-17(26)8-7-12-5-3-2-4-6-12/h2-9,14-16,18-21,23-25,27-29H,10-11H2,1H3/t14-,15-,16-,18-,19-,20+,21-,23+/m1/s1. The summed E-state index contributed by atoms with van der Waals surface area (Å²) in [6.07, 6.45) is -8.30. The lowest BCUT2D eigenvalue weighted by Gasteiger charge is -2.43. The van der Waals surface area contributed by atoms with E-state index in [0.717, 1.165) is 24.8 Å². The summed E-state index contributed by atoms with van der Waals surface area (Å²) < 4.78 is 21.1. The molecule has 1 aliphatic carbocycles. The van der Waals surface area contributed by atoms with Crippen LogP contribution < -0.4 is 0 Å². The Labute approximate surface area is 195 Å². The Morgan fingerprint density at radius 2 is 1.79 bits per heavy atom. The normalized spacial score (nSPS) is 33.9. The summed E-state index contributed by atoms with van der Waals surface area (Å²) in [6, 6.07) is 8.88. The highest BCUT2D eigenvalue weighted by atomic mass is 16.7. The zero-order valence-electron chi connectivity index (χ0n) is 18.3. The van der Waals surface area contributed by atoms with Gasteiger partial charge in [0, 0.05) is 18.1 Å². The fraction of sp³-hybridized carbons (Fsp3) is 0.478. The van der Waals surface area contributed by atoms with Crippen LogP contribution >= 0.6 is 0 Å². The fourth-order valence-corrected chi connectivity index (χ4v) is 3.71. The van der Waals surface area contributed by atoms with Crippen molar-refractivity contribution in [1.82, 2.24) is 0 Å². The molecule has 8 atom stereocenters. The zero-order chi connectivity index (χ0) is 24.8. The molecule has 1 aliphatic heterocycles. The van der Waals surface area contributed by atoms with E-state index in [4.69, 9.17) is 14.2 Å². The summed E-state index contributed by atoms with van der Waals surface area (Å²) in [5.41, 5.74) is 0.759. The number of hydrogen-bond acceptors (Lipinski definition) is 11. The molecule has 0 saturated carbocycles. The first-order valence-electron chi connectivity index (χ1n) is 10.6. The number of carbonyl (C=O) groups is 2. The summed E-state index contributed by atoms with van der Waals surface area (Å²) in [5, 5.41) is 50.7. The zero-order valence-corrected chi connectivity index (χ0v) is 18.3. The van der Waals surface area contributed by atoms with Crippen molar-refractivity contribution in [3.63, 3.8) is 0 Å². The molecule has 5 N–H and O–H groups in total. The first-order chi connectivity index (χ1) is 16.2. The number of benzene rings is 1. The quantitative estimate of drug-likeness (QED) is 0.231. The van der Waals surface area contributed by atoms with E-state index in [1.165, 1.54) is 6.08 Å². The van der Waals surface area contributed by atoms with Gasteiger partial charge >= 0.3 is 11.9 Å². The largest absolute Gasteiger partial charge is 0.466 e. The maximum absolute atomic E-state index is 12.4. The highest BCUT2D eigenvalue weighted by Gasteiger charge is 2.49. The van der Waals surface area contributed by atoms with Crippen LogP contribution in [0.15, 0.2) is 48.1 Å². The van der Waals surface area contributed by atoms with Gasteiger partial charge in [0.1, 0.15) is 30.5 Å². The Balaban J connectivity index is 1.77. The molecule has 34 heavy (non-hydrogen) atoms. The van der Waals surface area contributed by atoms with Crippen molar-refractivity contribution in [1.29, 1.82) is 0 Å². The average Bonchev–Trinajstić information content (AvgIpc) is 2.84. The molecule has 0 bridgehead atoms. The second kappa shape index (κ2) is 11.7. The van der Waals surface area contributed by atoms with Crippen LogP contribution in [0.25, 0.3) is 6.08 Å². The minimum atomic E-state index is -1.70. The van der Waals surface area contributed by atoms with Crippen LogP contribution in [0, 0.1) is 0 Å². The molecule has 3 rings (SSSR count). The van der Waals surface area contributed by atoms with Gasteiger partial charge in [-0.1, -0.05) is 30.3 Å². The fourth-order valence-electron chi connectivity index (χ4n) is 3.71. The van der Waals surface area contributed by atoms with Gasteiger partial charge in [0.25, 0.3) is 0 Å². The van der Waals surface area contributed by atoms with E-state index in [2.05, 4.69) is 4.74 Å². The average molecular weight is 480 g/mol. The Hall–Kier alpha value is -2.64. The van der Waals surface area contributed by atoms with Gasteiger partial charge < -0.3 is 44.5 Å². The van der Waals surface area contributed by atoms with Crippen LogP contribution in [-0.2, 0) is 28.5 Å². The highest BCUT2D eigenvalue weighted by Crippen LogP contribution is 2.30. The SMILES string of the molecule is COC(=O)C1=C[C@@H](O)[C@@H](O)[C@H](O[C@H]2O[C@H](CO)[C@@H](O)[C@H](O)[C@H]2OC(=O)C=Cc2ccccc2)C1. The van der Waals surface area contributed by atoms with Gasteiger partial charge in [0.2, 0.25) is 0 Å². The molecule has 1 saturated heterocycles. The molecular weight excluding hydrogens is 452 g/mol. The third kappa shape index (κ3) is 6.07. The number of rotatable bonds is 7. The number of carbonyl (C=O) groups excluding carboxylic acids is 2. The number of esters is 2. The molecule has 0 spiro atoms. The second-order valence-corrected chi connectivity index (χ2v) is 7.90. The van der Waals surface area contributed by atoms with E-state index in [1.807, 2.05) is 6.07 Å². The number of methoxy groups -OCH3 is 1. The monoisotopic (exact) mass is 480 g/mol. The van der Waals surface area contributed by atoms with Gasteiger partial charge in [0.05, 0.1) is 19.8 Å². The predicted molar refractivity (Wildman–Crippen MR) is 115 cm³/mol. The van der Waals surface area contributed by atoms with Crippen LogP contribution in [-0.4, -0.2) is 100 Å². The van der Waals surface area contributed by atoms with Crippen molar-refractivity contribution in [2.45, 2.75) is 55.4 Å². The highest BCUT2D eigenvalue weighted by molar-refractivity contribution is 5.89. The maximum atomic E-state index is 12.4. The van der Waals surface area contributed by atoms with Gasteiger partial charge in [-0.25, -0.2) is 9.59 Å². The minimum absolute atomic E-state index is 0.0414. The lowest BCUT2D eigenvalue weighted by atomic mass is 9.91. The Morgan fingerprint density at radius 1 is 1.09 bits per heavy atom. The molecule has 1 heterocycles. The van der Waals surface area contributed by atoms with Gasteiger partial charge in [-0.05, 0) is 17.7 Å². The summed E-state index contributed by atoms with van der Waals surface area (Å²) >= 11 is 0. The summed E-state index contributed by atoms with van der Waals surface area (Å²) in [6.45, 7) is -0.685. The first kappa shape index (κ1) is 26.0. The van der Waals surface area contributed by atoms with E-state index in [0.29, 0.717) is 0 Å². The van der Waals surface area contributed by atoms with E-state index in [-0.39, 0.29) is 12.0 Å².